The molecule has 0 aliphatic rings. The minimum atomic E-state index is -1.52. The summed E-state index contributed by atoms with van der Waals surface area (Å²) >= 11 is 0. The number of hydrogen-bond acceptors (Lipinski definition) is 5. The Morgan fingerprint density at radius 2 is 2.23 bits per heavy atom. The van der Waals surface area contributed by atoms with Crippen molar-refractivity contribution in [2.24, 2.45) is 0 Å². The zero-order chi connectivity index (χ0) is 9.42. The normalized spacial score (nSPS) is 10.7. The molecule has 6 heteroatoms. The molecule has 2 heterocycles. The van der Waals surface area contributed by atoms with E-state index in [1.54, 1.807) is 6.92 Å². The van der Waals surface area contributed by atoms with Crippen molar-refractivity contribution in [3.63, 3.8) is 0 Å². The van der Waals surface area contributed by atoms with E-state index in [0.717, 1.165) is 0 Å². The van der Waals surface area contributed by atoms with Crippen molar-refractivity contribution >= 4 is 23.8 Å². The van der Waals surface area contributed by atoms with Gasteiger partial charge in [0.15, 0.2) is 5.89 Å². The number of oxazole rings is 1. The molecule has 0 bridgehead atoms. The van der Waals surface area contributed by atoms with Crippen molar-refractivity contribution in [1.82, 2.24) is 9.97 Å². The van der Waals surface area contributed by atoms with Crippen molar-refractivity contribution in [3.05, 3.63) is 18.2 Å². The molecule has 2 aromatic heterocycles. The number of pyridine rings is 1. The highest BCUT2D eigenvalue weighted by molar-refractivity contribution is 6.58. The first-order valence-corrected chi connectivity index (χ1v) is 3.76. The third kappa shape index (κ3) is 1.41. The van der Waals surface area contributed by atoms with Crippen LogP contribution in [0, 0.1) is 6.92 Å². The number of hydrogen-bond donors (Lipinski definition) is 2. The minimum Gasteiger partial charge on any atom is -0.423 e. The maximum absolute atomic E-state index is 8.85. The van der Waals surface area contributed by atoms with E-state index < -0.39 is 7.12 Å². The van der Waals surface area contributed by atoms with E-state index >= 15 is 0 Å². The Bertz CT molecular complexity index is 440. The van der Waals surface area contributed by atoms with Gasteiger partial charge < -0.3 is 14.5 Å². The number of aryl methyl sites for hydroxylation is 1. The summed E-state index contributed by atoms with van der Waals surface area (Å²) < 4.78 is 5.12. The standard InChI is InChI=1S/C7H7BN2O3/c1-4-10-6-2-5(8(11)12)3-9-7(6)13-4/h2-3,11-12H,1H3. The molecule has 2 N–H and O–H groups in total. The molecule has 2 rings (SSSR count). The van der Waals surface area contributed by atoms with Gasteiger partial charge in [0, 0.05) is 18.6 Å². The molecule has 66 valence electrons. The maximum Gasteiger partial charge on any atom is 0.490 e. The first-order chi connectivity index (χ1) is 6.16. The second kappa shape index (κ2) is 2.83. The molecule has 5 nitrogen and oxygen atoms in total. The lowest BCUT2D eigenvalue weighted by Gasteiger charge is -1.95. The highest BCUT2D eigenvalue weighted by atomic mass is 16.4. The molecule has 0 atom stereocenters. The Hall–Kier alpha value is -1.40. The fraction of sp³-hybridized carbons (Fsp3) is 0.143. The van der Waals surface area contributed by atoms with Gasteiger partial charge in [-0.25, -0.2) is 9.97 Å². The maximum atomic E-state index is 8.85. The zero-order valence-electron chi connectivity index (χ0n) is 6.93. The van der Waals surface area contributed by atoms with E-state index in [0.29, 0.717) is 22.6 Å². The highest BCUT2D eigenvalue weighted by Gasteiger charge is 2.13. The fourth-order valence-corrected chi connectivity index (χ4v) is 1.09. The Morgan fingerprint density at radius 1 is 1.46 bits per heavy atom. The third-order valence-electron chi connectivity index (χ3n) is 1.67. The second-order valence-corrected chi connectivity index (χ2v) is 2.70. The van der Waals surface area contributed by atoms with Gasteiger partial charge in [0.25, 0.3) is 0 Å². The predicted molar refractivity (Wildman–Crippen MR) is 46.4 cm³/mol. The summed E-state index contributed by atoms with van der Waals surface area (Å²) in [7, 11) is -1.52. The molecule has 0 saturated carbocycles. The SMILES string of the molecule is Cc1nc2cc(B(O)O)cnc2o1. The van der Waals surface area contributed by atoms with E-state index in [4.69, 9.17) is 14.5 Å². The lowest BCUT2D eigenvalue weighted by molar-refractivity contribution is 0.425. The highest BCUT2D eigenvalue weighted by Crippen LogP contribution is 2.09. The van der Waals surface area contributed by atoms with E-state index in [1.807, 2.05) is 0 Å². The molecule has 2 aromatic rings. The number of fused-ring (bicyclic) bond motifs is 1. The summed E-state index contributed by atoms with van der Waals surface area (Å²) in [6.07, 6.45) is 1.34. The molecular formula is C7H7BN2O3. The summed E-state index contributed by atoms with van der Waals surface area (Å²) in [5.41, 5.74) is 1.24. The summed E-state index contributed by atoms with van der Waals surface area (Å²) in [6.45, 7) is 1.71. The van der Waals surface area contributed by atoms with Crippen LogP contribution >= 0.6 is 0 Å². The van der Waals surface area contributed by atoms with Gasteiger partial charge in [0.2, 0.25) is 5.71 Å². The molecular weight excluding hydrogens is 171 g/mol. The van der Waals surface area contributed by atoms with Gasteiger partial charge >= 0.3 is 7.12 Å². The summed E-state index contributed by atoms with van der Waals surface area (Å²) in [5.74, 6) is 0.507. The number of rotatable bonds is 1. The lowest BCUT2D eigenvalue weighted by Crippen LogP contribution is -2.29. The summed E-state index contributed by atoms with van der Waals surface area (Å²) in [4.78, 5) is 7.88. The monoisotopic (exact) mass is 178 g/mol. The van der Waals surface area contributed by atoms with Crippen LogP contribution in [0.2, 0.25) is 0 Å². The van der Waals surface area contributed by atoms with Gasteiger partial charge in [-0.15, -0.1) is 0 Å². The first kappa shape index (κ1) is 8.21. The molecule has 0 saturated heterocycles. The Kier molecular flexibility index (Phi) is 1.79. The average Bonchev–Trinajstić information content (AvgIpc) is 2.42. The van der Waals surface area contributed by atoms with Gasteiger partial charge in [-0.2, -0.15) is 0 Å². The topological polar surface area (TPSA) is 79.4 Å². The van der Waals surface area contributed by atoms with Gasteiger partial charge in [-0.05, 0) is 6.07 Å². The van der Waals surface area contributed by atoms with Gasteiger partial charge in [0.1, 0.15) is 5.52 Å². The van der Waals surface area contributed by atoms with Crippen LogP contribution in [0.4, 0.5) is 0 Å². The zero-order valence-corrected chi connectivity index (χ0v) is 6.93. The molecule has 0 aliphatic carbocycles. The van der Waals surface area contributed by atoms with Gasteiger partial charge in [0.05, 0.1) is 0 Å². The summed E-state index contributed by atoms with van der Waals surface area (Å²) in [5, 5.41) is 17.7. The molecule has 13 heavy (non-hydrogen) atoms. The van der Waals surface area contributed by atoms with Crippen LogP contribution in [0.3, 0.4) is 0 Å². The fourth-order valence-electron chi connectivity index (χ4n) is 1.09. The van der Waals surface area contributed by atoms with Crippen LogP contribution in [-0.2, 0) is 0 Å². The molecule has 0 aliphatic heterocycles. The quantitative estimate of drug-likeness (QED) is 0.559. The Balaban J connectivity index is 2.61. The van der Waals surface area contributed by atoms with Crippen LogP contribution in [-0.4, -0.2) is 27.1 Å². The van der Waals surface area contributed by atoms with Crippen LogP contribution < -0.4 is 5.46 Å². The molecule has 0 amide bonds. The van der Waals surface area contributed by atoms with Crippen LogP contribution in [0.15, 0.2) is 16.7 Å². The average molecular weight is 178 g/mol. The van der Waals surface area contributed by atoms with Crippen molar-refractivity contribution < 1.29 is 14.5 Å². The molecule has 0 unspecified atom stereocenters. The number of aromatic nitrogens is 2. The van der Waals surface area contributed by atoms with Gasteiger partial charge in [-0.3, -0.25) is 0 Å². The molecule has 0 spiro atoms. The van der Waals surface area contributed by atoms with Gasteiger partial charge in [-0.1, -0.05) is 0 Å². The van der Waals surface area contributed by atoms with Crippen molar-refractivity contribution in [2.75, 3.05) is 0 Å². The number of nitrogens with zero attached hydrogens (tertiary/aromatic N) is 2. The minimum absolute atomic E-state index is 0.306. The summed E-state index contributed by atoms with van der Waals surface area (Å²) in [6, 6.07) is 1.53. The Morgan fingerprint density at radius 3 is 2.92 bits per heavy atom. The van der Waals surface area contributed by atoms with Crippen LogP contribution in [0.25, 0.3) is 11.2 Å². The van der Waals surface area contributed by atoms with Crippen molar-refractivity contribution in [3.8, 4) is 0 Å². The van der Waals surface area contributed by atoms with Crippen LogP contribution in [0.1, 0.15) is 5.89 Å². The Labute approximate surface area is 74.2 Å². The smallest absolute Gasteiger partial charge is 0.423 e. The lowest BCUT2D eigenvalue weighted by atomic mass is 9.82. The van der Waals surface area contributed by atoms with E-state index in [2.05, 4.69) is 9.97 Å². The second-order valence-electron chi connectivity index (χ2n) is 2.70. The van der Waals surface area contributed by atoms with Crippen molar-refractivity contribution in [2.45, 2.75) is 6.92 Å². The molecule has 0 aromatic carbocycles. The van der Waals surface area contributed by atoms with E-state index in [1.165, 1.54) is 12.3 Å². The van der Waals surface area contributed by atoms with E-state index in [9.17, 15) is 0 Å². The molecule has 0 radical (unpaired) electrons. The predicted octanol–water partition coefficient (Wildman–Crippen LogP) is -0.789. The van der Waals surface area contributed by atoms with Crippen LogP contribution in [0.5, 0.6) is 0 Å². The third-order valence-corrected chi connectivity index (χ3v) is 1.67. The largest absolute Gasteiger partial charge is 0.490 e. The van der Waals surface area contributed by atoms with Crippen molar-refractivity contribution in [1.29, 1.82) is 0 Å². The molecule has 0 fully saturated rings. The first-order valence-electron chi connectivity index (χ1n) is 3.76. The van der Waals surface area contributed by atoms with E-state index in [-0.39, 0.29) is 0 Å².